The van der Waals surface area contributed by atoms with Gasteiger partial charge in [-0.15, -0.1) is 12.4 Å². The first-order valence-electron chi connectivity index (χ1n) is 11.2. The molecule has 3 heteroatoms. The zero-order valence-corrected chi connectivity index (χ0v) is 18.4. The van der Waals surface area contributed by atoms with E-state index >= 15 is 0 Å². The molecule has 0 aromatic rings. The molecule has 1 rings (SSSR count). The monoisotopic (exact) mass is 374 g/mol. The van der Waals surface area contributed by atoms with E-state index in [4.69, 9.17) is 0 Å². The van der Waals surface area contributed by atoms with Crippen molar-refractivity contribution in [2.75, 3.05) is 27.2 Å². The van der Waals surface area contributed by atoms with Gasteiger partial charge in [-0.3, -0.25) is 9.80 Å². The van der Waals surface area contributed by atoms with Crippen LogP contribution in [-0.2, 0) is 0 Å². The SMILES string of the molecule is CCCCCCCCCCCCCCCCCC1N(C)CCN1C.Cl. The Kier molecular flexibility index (Phi) is 17.8. The van der Waals surface area contributed by atoms with Gasteiger partial charge in [-0.25, -0.2) is 0 Å². The minimum absolute atomic E-state index is 0. The molecule has 0 atom stereocenters. The summed E-state index contributed by atoms with van der Waals surface area (Å²) in [5.41, 5.74) is 0. The number of likely N-dealkylation sites (N-methyl/N-ethyl adjacent to an activating group) is 2. The number of hydrogen-bond acceptors (Lipinski definition) is 2. The van der Waals surface area contributed by atoms with E-state index in [1.54, 1.807) is 0 Å². The van der Waals surface area contributed by atoms with Crippen LogP contribution in [-0.4, -0.2) is 43.2 Å². The fourth-order valence-electron chi connectivity index (χ4n) is 4.09. The third-order valence-electron chi connectivity index (χ3n) is 5.89. The van der Waals surface area contributed by atoms with Gasteiger partial charge in [0.15, 0.2) is 0 Å². The molecule has 0 aromatic heterocycles. The average molecular weight is 375 g/mol. The van der Waals surface area contributed by atoms with Crippen LogP contribution in [0.3, 0.4) is 0 Å². The molecule has 2 nitrogen and oxygen atoms in total. The molecule has 0 amide bonds. The Morgan fingerprint density at radius 2 is 0.880 bits per heavy atom. The lowest BCUT2D eigenvalue weighted by atomic mass is 10.0. The summed E-state index contributed by atoms with van der Waals surface area (Å²) in [7, 11) is 4.55. The van der Waals surface area contributed by atoms with Gasteiger partial charge >= 0.3 is 0 Å². The quantitative estimate of drug-likeness (QED) is 0.272. The van der Waals surface area contributed by atoms with E-state index in [1.165, 1.54) is 116 Å². The van der Waals surface area contributed by atoms with Crippen molar-refractivity contribution < 1.29 is 0 Å². The molecular weight excluding hydrogens is 328 g/mol. The van der Waals surface area contributed by atoms with Crippen molar-refractivity contribution >= 4 is 12.4 Å². The summed E-state index contributed by atoms with van der Waals surface area (Å²) in [5, 5.41) is 0. The topological polar surface area (TPSA) is 6.48 Å². The molecule has 0 aromatic carbocycles. The predicted molar refractivity (Wildman–Crippen MR) is 116 cm³/mol. The van der Waals surface area contributed by atoms with Crippen LogP contribution in [0.5, 0.6) is 0 Å². The standard InChI is InChI=1S/C22H46N2.ClH/c1-4-5-6-7-8-9-10-11-12-13-14-15-16-17-18-19-22-23(2)20-21-24(22)3;/h22H,4-21H2,1-3H3;1H. The summed E-state index contributed by atoms with van der Waals surface area (Å²) >= 11 is 0. The van der Waals surface area contributed by atoms with Gasteiger partial charge in [-0.2, -0.15) is 0 Å². The van der Waals surface area contributed by atoms with Crippen LogP contribution in [0.4, 0.5) is 0 Å². The smallest absolute Gasteiger partial charge is 0.0618 e. The van der Waals surface area contributed by atoms with Gasteiger partial charge in [0.25, 0.3) is 0 Å². The Morgan fingerprint density at radius 1 is 0.560 bits per heavy atom. The fraction of sp³-hybridized carbons (Fsp3) is 1.00. The van der Waals surface area contributed by atoms with E-state index in [1.807, 2.05) is 0 Å². The molecular formula is C22H47ClN2. The molecule has 0 aliphatic carbocycles. The summed E-state index contributed by atoms with van der Waals surface area (Å²) in [6, 6.07) is 0. The van der Waals surface area contributed by atoms with E-state index < -0.39 is 0 Å². The first kappa shape index (κ1) is 25.2. The Morgan fingerprint density at radius 3 is 1.24 bits per heavy atom. The Hall–Kier alpha value is 0.210. The Bertz CT molecular complexity index is 263. The highest BCUT2D eigenvalue weighted by Gasteiger charge is 2.24. The van der Waals surface area contributed by atoms with Crippen molar-refractivity contribution in [3.05, 3.63) is 0 Å². The summed E-state index contributed by atoms with van der Waals surface area (Å²) in [5.74, 6) is 0. The van der Waals surface area contributed by atoms with Gasteiger partial charge in [0, 0.05) is 13.1 Å². The van der Waals surface area contributed by atoms with Crippen molar-refractivity contribution in [1.82, 2.24) is 9.80 Å². The molecule has 1 aliphatic rings. The van der Waals surface area contributed by atoms with Crippen LogP contribution >= 0.6 is 12.4 Å². The predicted octanol–water partition coefficient (Wildman–Crippen LogP) is 6.87. The molecule has 1 fully saturated rings. The highest BCUT2D eigenvalue weighted by molar-refractivity contribution is 5.85. The molecule has 1 saturated heterocycles. The van der Waals surface area contributed by atoms with Gasteiger partial charge in [-0.05, 0) is 20.5 Å². The van der Waals surface area contributed by atoms with Crippen LogP contribution < -0.4 is 0 Å². The third-order valence-corrected chi connectivity index (χ3v) is 5.89. The van der Waals surface area contributed by atoms with E-state index in [2.05, 4.69) is 30.8 Å². The van der Waals surface area contributed by atoms with E-state index in [-0.39, 0.29) is 12.4 Å². The van der Waals surface area contributed by atoms with Crippen LogP contribution in [0.25, 0.3) is 0 Å². The average Bonchev–Trinajstić information content (AvgIpc) is 2.90. The highest BCUT2D eigenvalue weighted by atomic mass is 35.5. The van der Waals surface area contributed by atoms with Gasteiger partial charge in [0.1, 0.15) is 0 Å². The third kappa shape index (κ3) is 13.1. The first-order valence-corrected chi connectivity index (χ1v) is 11.2. The van der Waals surface area contributed by atoms with Crippen molar-refractivity contribution in [2.45, 2.75) is 116 Å². The number of nitrogens with zero attached hydrogens (tertiary/aromatic N) is 2. The first-order chi connectivity index (χ1) is 11.8. The van der Waals surface area contributed by atoms with E-state index in [9.17, 15) is 0 Å². The molecule has 25 heavy (non-hydrogen) atoms. The van der Waals surface area contributed by atoms with Crippen molar-refractivity contribution in [1.29, 1.82) is 0 Å². The summed E-state index contributed by atoms with van der Waals surface area (Å²) in [6.45, 7) is 4.80. The van der Waals surface area contributed by atoms with Gasteiger partial charge in [0.05, 0.1) is 6.17 Å². The second kappa shape index (κ2) is 17.6. The normalized spacial score (nSPS) is 16.4. The second-order valence-electron chi connectivity index (χ2n) is 8.18. The lowest BCUT2D eigenvalue weighted by molar-refractivity contribution is 0.171. The largest absolute Gasteiger partial charge is 0.290 e. The molecule has 0 unspecified atom stereocenters. The van der Waals surface area contributed by atoms with E-state index in [0.29, 0.717) is 6.17 Å². The molecule has 152 valence electrons. The maximum Gasteiger partial charge on any atom is 0.0618 e. The lowest BCUT2D eigenvalue weighted by Gasteiger charge is -2.24. The maximum atomic E-state index is 2.52. The van der Waals surface area contributed by atoms with Gasteiger partial charge < -0.3 is 0 Å². The molecule has 0 N–H and O–H groups in total. The summed E-state index contributed by atoms with van der Waals surface area (Å²) in [6.07, 6.45) is 23.9. The van der Waals surface area contributed by atoms with Crippen LogP contribution in [0.15, 0.2) is 0 Å². The Balaban J connectivity index is 0.00000576. The minimum Gasteiger partial charge on any atom is -0.290 e. The van der Waals surface area contributed by atoms with Crippen molar-refractivity contribution in [3.63, 3.8) is 0 Å². The zero-order valence-electron chi connectivity index (χ0n) is 17.6. The lowest BCUT2D eigenvalue weighted by Crippen LogP contribution is -2.34. The van der Waals surface area contributed by atoms with Crippen LogP contribution in [0, 0.1) is 0 Å². The minimum atomic E-state index is 0. The molecule has 0 saturated carbocycles. The van der Waals surface area contributed by atoms with Gasteiger partial charge in [0.2, 0.25) is 0 Å². The number of hydrogen-bond donors (Lipinski definition) is 0. The molecule has 0 bridgehead atoms. The van der Waals surface area contributed by atoms with Crippen molar-refractivity contribution in [2.24, 2.45) is 0 Å². The van der Waals surface area contributed by atoms with Crippen molar-refractivity contribution in [3.8, 4) is 0 Å². The second-order valence-corrected chi connectivity index (χ2v) is 8.18. The highest BCUT2D eigenvalue weighted by Crippen LogP contribution is 2.18. The Labute approximate surface area is 165 Å². The molecule has 0 spiro atoms. The van der Waals surface area contributed by atoms with E-state index in [0.717, 1.165) is 0 Å². The van der Waals surface area contributed by atoms with Gasteiger partial charge in [-0.1, -0.05) is 103 Å². The molecule has 1 aliphatic heterocycles. The number of rotatable bonds is 16. The van der Waals surface area contributed by atoms with Crippen LogP contribution in [0.1, 0.15) is 110 Å². The number of halogens is 1. The maximum absolute atomic E-state index is 2.52. The number of unbranched alkanes of at least 4 members (excludes halogenated alkanes) is 14. The summed E-state index contributed by atoms with van der Waals surface area (Å²) in [4.78, 5) is 5.04. The zero-order chi connectivity index (χ0) is 17.5. The summed E-state index contributed by atoms with van der Waals surface area (Å²) < 4.78 is 0. The molecule has 0 radical (unpaired) electrons. The van der Waals surface area contributed by atoms with Crippen LogP contribution in [0.2, 0.25) is 0 Å². The molecule has 1 heterocycles. The fourth-order valence-corrected chi connectivity index (χ4v) is 4.09.